The molecule has 9 heteroatoms. The number of nitrogens with one attached hydrogen (secondary N) is 1. The highest BCUT2D eigenvalue weighted by atomic mass is 127. The Hall–Kier alpha value is -1.26. The number of carbonyl (C=O) groups is 1. The number of carbonyl (C=O) groups excluding carboxylic acids is 1. The van der Waals surface area contributed by atoms with Crippen LogP contribution in [0.2, 0.25) is 5.02 Å². The Morgan fingerprint density at radius 3 is 2.37 bits per heavy atom. The number of hydrogen-bond donors (Lipinski definition) is 2. The SMILES string of the molecule is CCNC(=NCC(O)c1ccc(Cl)cc1)N1CCN(C(=O)OCC)CC1.I. The van der Waals surface area contributed by atoms with Gasteiger partial charge in [-0.15, -0.1) is 24.0 Å². The normalized spacial score (nSPS) is 15.8. The van der Waals surface area contributed by atoms with Crippen LogP contribution in [0, 0.1) is 0 Å². The Kier molecular flexibility index (Phi) is 10.8. The van der Waals surface area contributed by atoms with Gasteiger partial charge in [0.2, 0.25) is 0 Å². The number of piperazine rings is 1. The summed E-state index contributed by atoms with van der Waals surface area (Å²) < 4.78 is 5.04. The molecule has 1 aromatic carbocycles. The number of aliphatic hydroxyl groups is 1. The summed E-state index contributed by atoms with van der Waals surface area (Å²) in [6, 6.07) is 7.11. The van der Waals surface area contributed by atoms with E-state index in [0.717, 1.165) is 18.1 Å². The first-order valence-corrected chi connectivity index (χ1v) is 9.31. The van der Waals surface area contributed by atoms with Crippen LogP contribution in [0.3, 0.4) is 0 Å². The van der Waals surface area contributed by atoms with Crippen LogP contribution in [0.1, 0.15) is 25.5 Å². The molecule has 0 aromatic heterocycles. The van der Waals surface area contributed by atoms with E-state index >= 15 is 0 Å². The van der Waals surface area contributed by atoms with Gasteiger partial charge in [0.1, 0.15) is 0 Å². The van der Waals surface area contributed by atoms with Gasteiger partial charge >= 0.3 is 6.09 Å². The van der Waals surface area contributed by atoms with Crippen molar-refractivity contribution in [1.29, 1.82) is 0 Å². The van der Waals surface area contributed by atoms with Crippen molar-refractivity contribution in [3.63, 3.8) is 0 Å². The first kappa shape index (κ1) is 23.8. The Morgan fingerprint density at radius 2 is 1.81 bits per heavy atom. The van der Waals surface area contributed by atoms with Crippen LogP contribution in [-0.4, -0.2) is 72.8 Å². The summed E-state index contributed by atoms with van der Waals surface area (Å²) >= 11 is 5.88. The highest BCUT2D eigenvalue weighted by Crippen LogP contribution is 2.17. The van der Waals surface area contributed by atoms with Crippen molar-refractivity contribution in [2.45, 2.75) is 20.0 Å². The molecule has 0 saturated carbocycles. The van der Waals surface area contributed by atoms with Crippen molar-refractivity contribution >= 4 is 47.6 Å². The minimum absolute atomic E-state index is 0. The van der Waals surface area contributed by atoms with E-state index < -0.39 is 6.10 Å². The molecule has 1 atom stereocenters. The van der Waals surface area contributed by atoms with E-state index in [1.807, 2.05) is 6.92 Å². The zero-order valence-electron chi connectivity index (χ0n) is 15.7. The molecule has 2 rings (SSSR count). The van der Waals surface area contributed by atoms with Gasteiger partial charge in [-0.2, -0.15) is 0 Å². The summed E-state index contributed by atoms with van der Waals surface area (Å²) in [7, 11) is 0. The summed E-state index contributed by atoms with van der Waals surface area (Å²) in [4.78, 5) is 20.1. The fourth-order valence-electron chi connectivity index (χ4n) is 2.70. The summed E-state index contributed by atoms with van der Waals surface area (Å²) in [5.74, 6) is 0.740. The predicted octanol–water partition coefficient (Wildman–Crippen LogP) is 2.73. The second-order valence-electron chi connectivity index (χ2n) is 5.93. The molecular weight excluding hydrogens is 483 g/mol. The summed E-state index contributed by atoms with van der Waals surface area (Å²) in [5, 5.41) is 14.2. The number of benzene rings is 1. The molecule has 0 aliphatic carbocycles. The van der Waals surface area contributed by atoms with E-state index in [1.54, 1.807) is 36.1 Å². The highest BCUT2D eigenvalue weighted by Gasteiger charge is 2.23. The zero-order chi connectivity index (χ0) is 18.9. The molecule has 1 aliphatic rings. The first-order valence-electron chi connectivity index (χ1n) is 8.93. The number of nitrogens with zero attached hydrogens (tertiary/aromatic N) is 3. The summed E-state index contributed by atoms with van der Waals surface area (Å²) in [6.07, 6.45) is -0.964. The van der Waals surface area contributed by atoms with Crippen molar-refractivity contribution in [3.8, 4) is 0 Å². The molecule has 0 spiro atoms. The molecule has 2 N–H and O–H groups in total. The molecule has 1 saturated heterocycles. The van der Waals surface area contributed by atoms with Gasteiger partial charge in [0, 0.05) is 37.7 Å². The van der Waals surface area contributed by atoms with Gasteiger partial charge in [-0.05, 0) is 31.5 Å². The second-order valence-corrected chi connectivity index (χ2v) is 6.37. The van der Waals surface area contributed by atoms with Gasteiger partial charge in [-0.1, -0.05) is 23.7 Å². The second kappa shape index (κ2) is 12.2. The third kappa shape index (κ3) is 7.34. The quantitative estimate of drug-likeness (QED) is 0.362. The van der Waals surface area contributed by atoms with E-state index in [4.69, 9.17) is 16.3 Å². The smallest absolute Gasteiger partial charge is 0.409 e. The lowest BCUT2D eigenvalue weighted by atomic mass is 10.1. The number of hydrogen-bond acceptors (Lipinski definition) is 4. The van der Waals surface area contributed by atoms with Crippen LogP contribution in [0.5, 0.6) is 0 Å². The first-order chi connectivity index (χ1) is 12.5. The third-order valence-electron chi connectivity index (χ3n) is 4.11. The van der Waals surface area contributed by atoms with Gasteiger partial charge in [0.05, 0.1) is 19.3 Å². The van der Waals surface area contributed by atoms with Gasteiger partial charge in [-0.3, -0.25) is 4.99 Å². The number of aliphatic hydroxyl groups excluding tert-OH is 1. The number of amides is 1. The lowest BCUT2D eigenvalue weighted by Crippen LogP contribution is -2.54. The number of ether oxygens (including phenoxy) is 1. The van der Waals surface area contributed by atoms with Gasteiger partial charge in [0.15, 0.2) is 5.96 Å². The molecule has 152 valence electrons. The topological polar surface area (TPSA) is 77.4 Å². The maximum Gasteiger partial charge on any atom is 0.409 e. The van der Waals surface area contributed by atoms with E-state index in [0.29, 0.717) is 37.8 Å². The van der Waals surface area contributed by atoms with E-state index in [-0.39, 0.29) is 36.6 Å². The van der Waals surface area contributed by atoms with Gasteiger partial charge in [-0.25, -0.2) is 4.79 Å². The molecule has 0 bridgehead atoms. The third-order valence-corrected chi connectivity index (χ3v) is 4.36. The maximum absolute atomic E-state index is 11.8. The van der Waals surface area contributed by atoms with Crippen molar-refractivity contribution in [3.05, 3.63) is 34.9 Å². The van der Waals surface area contributed by atoms with Gasteiger partial charge in [0.25, 0.3) is 0 Å². The van der Waals surface area contributed by atoms with Crippen LogP contribution in [0.25, 0.3) is 0 Å². The van der Waals surface area contributed by atoms with E-state index in [1.165, 1.54) is 0 Å². The van der Waals surface area contributed by atoms with Crippen LogP contribution in [0.15, 0.2) is 29.3 Å². The van der Waals surface area contributed by atoms with Crippen LogP contribution >= 0.6 is 35.6 Å². The van der Waals surface area contributed by atoms with Gasteiger partial charge < -0.3 is 25.0 Å². The lowest BCUT2D eigenvalue weighted by Gasteiger charge is -2.36. The van der Waals surface area contributed by atoms with Crippen LogP contribution in [0.4, 0.5) is 4.79 Å². The molecule has 1 unspecified atom stereocenters. The molecular formula is C18H28ClIN4O3. The summed E-state index contributed by atoms with van der Waals surface area (Å²) in [5.41, 5.74) is 0.779. The molecule has 27 heavy (non-hydrogen) atoms. The molecule has 1 aliphatic heterocycles. The molecule has 1 amide bonds. The predicted molar refractivity (Wildman–Crippen MR) is 118 cm³/mol. The molecule has 1 fully saturated rings. The zero-order valence-corrected chi connectivity index (χ0v) is 18.8. The molecule has 0 radical (unpaired) electrons. The van der Waals surface area contributed by atoms with Crippen molar-refractivity contribution in [2.24, 2.45) is 4.99 Å². The molecule has 7 nitrogen and oxygen atoms in total. The largest absolute Gasteiger partial charge is 0.450 e. The van der Waals surface area contributed by atoms with Crippen molar-refractivity contribution < 1.29 is 14.6 Å². The average Bonchev–Trinajstić information content (AvgIpc) is 2.66. The maximum atomic E-state index is 11.8. The Labute approximate surface area is 182 Å². The molecule has 1 heterocycles. The van der Waals surface area contributed by atoms with E-state index in [9.17, 15) is 9.90 Å². The fourth-order valence-corrected chi connectivity index (χ4v) is 2.83. The Bertz CT molecular complexity index is 607. The molecule has 1 aromatic rings. The highest BCUT2D eigenvalue weighted by molar-refractivity contribution is 14.0. The Balaban J connectivity index is 0.00000364. The number of halogens is 2. The van der Waals surface area contributed by atoms with Crippen molar-refractivity contribution in [2.75, 3.05) is 45.9 Å². The summed E-state index contributed by atoms with van der Waals surface area (Å²) in [6.45, 7) is 7.67. The average molecular weight is 511 g/mol. The standard InChI is InChI=1S/C18H27ClN4O3.HI/c1-3-20-17(21-13-16(24)14-5-7-15(19)8-6-14)22-9-11-23(12-10-22)18(25)26-4-2;/h5-8,16,24H,3-4,9-13H2,1-2H3,(H,20,21);1H. The lowest BCUT2D eigenvalue weighted by molar-refractivity contribution is 0.0914. The number of rotatable bonds is 5. The van der Waals surface area contributed by atoms with E-state index in [2.05, 4.69) is 15.2 Å². The minimum atomic E-state index is -0.693. The minimum Gasteiger partial charge on any atom is -0.450 e. The number of guanidine groups is 1. The fraction of sp³-hybridized carbons (Fsp3) is 0.556. The van der Waals surface area contributed by atoms with Crippen LogP contribution in [-0.2, 0) is 4.74 Å². The monoisotopic (exact) mass is 510 g/mol. The van der Waals surface area contributed by atoms with Crippen LogP contribution < -0.4 is 5.32 Å². The Morgan fingerprint density at radius 1 is 1.22 bits per heavy atom. The van der Waals surface area contributed by atoms with Crippen molar-refractivity contribution in [1.82, 2.24) is 15.1 Å². The number of aliphatic imine (C=N–C) groups is 1.